The number of nitrogens with one attached hydrogen (secondary N) is 1. The zero-order valence-corrected chi connectivity index (χ0v) is 14.3. The number of rotatable bonds is 6. The topological polar surface area (TPSA) is 41.6 Å². The molecule has 1 heterocycles. The molecule has 0 bridgehead atoms. The lowest BCUT2D eigenvalue weighted by molar-refractivity contribution is -0.154. The summed E-state index contributed by atoms with van der Waals surface area (Å²) < 4.78 is 5.40. The highest BCUT2D eigenvalue weighted by molar-refractivity contribution is 5.82. The molecule has 0 amide bonds. The van der Waals surface area contributed by atoms with E-state index in [0.717, 1.165) is 25.9 Å². The van der Waals surface area contributed by atoms with Gasteiger partial charge in [0.05, 0.1) is 6.61 Å². The summed E-state index contributed by atoms with van der Waals surface area (Å²) in [4.78, 5) is 15.1. The molecule has 122 valence electrons. The van der Waals surface area contributed by atoms with Gasteiger partial charge in [0.15, 0.2) is 0 Å². The minimum Gasteiger partial charge on any atom is -0.465 e. The molecule has 2 aliphatic rings. The first-order chi connectivity index (χ1) is 9.94. The van der Waals surface area contributed by atoms with Crippen LogP contribution in [0.1, 0.15) is 47.0 Å². The minimum atomic E-state index is -0.513. The van der Waals surface area contributed by atoms with Crippen LogP contribution in [0.15, 0.2) is 0 Å². The molecule has 4 unspecified atom stereocenters. The van der Waals surface area contributed by atoms with Crippen LogP contribution < -0.4 is 5.32 Å². The zero-order chi connectivity index (χ0) is 15.6. The number of carbonyl (C=O) groups excluding carboxylic acids is 1. The normalized spacial score (nSPS) is 33.5. The molecule has 0 spiro atoms. The van der Waals surface area contributed by atoms with Crippen molar-refractivity contribution >= 4 is 5.97 Å². The summed E-state index contributed by atoms with van der Waals surface area (Å²) >= 11 is 0. The van der Waals surface area contributed by atoms with Gasteiger partial charge >= 0.3 is 5.97 Å². The zero-order valence-electron chi connectivity index (χ0n) is 14.3. The maximum atomic E-state index is 12.6. The molecule has 0 radical (unpaired) electrons. The average molecular weight is 296 g/mol. The molecule has 1 saturated heterocycles. The lowest BCUT2D eigenvalue weighted by atomic mass is 9.83. The molecule has 4 heteroatoms. The third-order valence-electron chi connectivity index (χ3n) is 5.53. The van der Waals surface area contributed by atoms with Crippen molar-refractivity contribution in [3.63, 3.8) is 0 Å². The first-order valence-corrected chi connectivity index (χ1v) is 8.54. The first-order valence-electron chi connectivity index (χ1n) is 8.54. The smallest absolute Gasteiger partial charge is 0.327 e. The highest BCUT2D eigenvalue weighted by atomic mass is 16.5. The van der Waals surface area contributed by atoms with Crippen LogP contribution in [-0.2, 0) is 9.53 Å². The Labute approximate surface area is 129 Å². The monoisotopic (exact) mass is 296 g/mol. The molecule has 1 aliphatic heterocycles. The van der Waals surface area contributed by atoms with E-state index in [1.807, 2.05) is 14.0 Å². The number of piperidine rings is 1. The Morgan fingerprint density at radius 2 is 2.00 bits per heavy atom. The quantitative estimate of drug-likeness (QED) is 0.764. The van der Waals surface area contributed by atoms with E-state index in [0.29, 0.717) is 30.4 Å². The summed E-state index contributed by atoms with van der Waals surface area (Å²) in [6, 6.07) is 0.530. The van der Waals surface area contributed by atoms with E-state index in [-0.39, 0.29) is 5.97 Å². The lowest BCUT2D eigenvalue weighted by Crippen LogP contribution is -2.63. The molecule has 4 nitrogen and oxygen atoms in total. The van der Waals surface area contributed by atoms with Crippen LogP contribution in [0.4, 0.5) is 0 Å². The molecule has 1 saturated carbocycles. The fourth-order valence-electron chi connectivity index (χ4n) is 3.94. The Balaban J connectivity index is 2.16. The van der Waals surface area contributed by atoms with Crippen LogP contribution in [0.3, 0.4) is 0 Å². The van der Waals surface area contributed by atoms with Crippen molar-refractivity contribution in [3.8, 4) is 0 Å². The van der Waals surface area contributed by atoms with Crippen LogP contribution in [0.2, 0.25) is 0 Å². The van der Waals surface area contributed by atoms with Crippen molar-refractivity contribution in [1.29, 1.82) is 0 Å². The molecular formula is C17H32N2O2. The third-order valence-corrected chi connectivity index (χ3v) is 5.53. The van der Waals surface area contributed by atoms with Crippen molar-refractivity contribution in [1.82, 2.24) is 10.2 Å². The number of carbonyl (C=O) groups is 1. The van der Waals surface area contributed by atoms with Gasteiger partial charge in [0, 0.05) is 19.1 Å². The van der Waals surface area contributed by atoms with Crippen LogP contribution >= 0.6 is 0 Å². The molecule has 0 aromatic heterocycles. The predicted octanol–water partition coefficient (Wildman–Crippen LogP) is 2.28. The van der Waals surface area contributed by atoms with Gasteiger partial charge in [-0.1, -0.05) is 13.8 Å². The fourth-order valence-corrected chi connectivity index (χ4v) is 3.94. The number of hydrogen-bond donors (Lipinski definition) is 1. The van der Waals surface area contributed by atoms with Gasteiger partial charge in [0.2, 0.25) is 0 Å². The Bertz CT molecular complexity index is 370. The largest absolute Gasteiger partial charge is 0.465 e. The van der Waals surface area contributed by atoms with E-state index in [4.69, 9.17) is 4.74 Å². The molecule has 21 heavy (non-hydrogen) atoms. The van der Waals surface area contributed by atoms with Crippen LogP contribution in [0, 0.1) is 17.8 Å². The number of likely N-dealkylation sites (N-methyl/N-ethyl adjacent to an activating group) is 1. The molecule has 4 atom stereocenters. The van der Waals surface area contributed by atoms with Crippen LogP contribution in [-0.4, -0.2) is 49.2 Å². The summed E-state index contributed by atoms with van der Waals surface area (Å²) in [7, 11) is 1.91. The van der Waals surface area contributed by atoms with Gasteiger partial charge in [0.25, 0.3) is 0 Å². The summed E-state index contributed by atoms with van der Waals surface area (Å²) in [6.07, 6.45) is 3.55. The van der Waals surface area contributed by atoms with Crippen LogP contribution in [0.25, 0.3) is 0 Å². The molecule has 1 N–H and O–H groups in total. The van der Waals surface area contributed by atoms with Crippen molar-refractivity contribution in [2.45, 2.75) is 58.5 Å². The van der Waals surface area contributed by atoms with Gasteiger partial charge in [0.1, 0.15) is 5.54 Å². The number of hydrogen-bond acceptors (Lipinski definition) is 4. The van der Waals surface area contributed by atoms with Crippen molar-refractivity contribution in [2.24, 2.45) is 17.8 Å². The third kappa shape index (κ3) is 3.42. The van der Waals surface area contributed by atoms with Gasteiger partial charge in [-0.3, -0.25) is 4.90 Å². The highest BCUT2D eigenvalue weighted by Crippen LogP contribution is 2.42. The van der Waals surface area contributed by atoms with E-state index in [2.05, 4.69) is 31.0 Å². The van der Waals surface area contributed by atoms with E-state index in [9.17, 15) is 4.79 Å². The molecule has 0 aromatic rings. The van der Waals surface area contributed by atoms with Gasteiger partial charge in [-0.25, -0.2) is 4.79 Å². The maximum Gasteiger partial charge on any atom is 0.327 e. The number of likely N-dealkylation sites (tertiary alicyclic amines) is 1. The average Bonchev–Trinajstić information content (AvgIpc) is 3.26. The van der Waals surface area contributed by atoms with Crippen molar-refractivity contribution in [3.05, 3.63) is 0 Å². The Hall–Kier alpha value is -0.610. The highest BCUT2D eigenvalue weighted by Gasteiger charge is 2.52. The molecule has 2 rings (SSSR count). The maximum absolute atomic E-state index is 12.6. The van der Waals surface area contributed by atoms with Crippen molar-refractivity contribution < 1.29 is 9.53 Å². The van der Waals surface area contributed by atoms with Gasteiger partial charge in [-0.2, -0.15) is 0 Å². The molecule has 0 aromatic carbocycles. The number of ether oxygens (including phenoxy) is 1. The Morgan fingerprint density at radius 3 is 2.52 bits per heavy atom. The van der Waals surface area contributed by atoms with Crippen LogP contribution in [0.5, 0.6) is 0 Å². The van der Waals surface area contributed by atoms with Gasteiger partial charge in [-0.05, 0) is 57.9 Å². The molecule has 1 aliphatic carbocycles. The summed E-state index contributed by atoms with van der Waals surface area (Å²) in [5.41, 5.74) is -0.513. The van der Waals surface area contributed by atoms with E-state index in [1.54, 1.807) is 0 Å². The van der Waals surface area contributed by atoms with E-state index >= 15 is 0 Å². The predicted molar refractivity (Wildman–Crippen MR) is 85.1 cm³/mol. The second kappa shape index (κ2) is 6.66. The summed E-state index contributed by atoms with van der Waals surface area (Å²) in [6.45, 7) is 11.2. The number of nitrogens with zero attached hydrogens (tertiary/aromatic N) is 1. The standard InChI is InChI=1S/C17H32N2O2/c1-6-21-16(20)17(18-5,15-7-8-15)11-19-10-12(2)9-13(3)14(19)4/h12-15,18H,6-11H2,1-5H3. The second-order valence-corrected chi connectivity index (χ2v) is 7.20. The van der Waals surface area contributed by atoms with Crippen molar-refractivity contribution in [2.75, 3.05) is 26.7 Å². The fraction of sp³-hybridized carbons (Fsp3) is 0.941. The van der Waals surface area contributed by atoms with Gasteiger partial charge < -0.3 is 10.1 Å². The Morgan fingerprint density at radius 1 is 1.33 bits per heavy atom. The number of esters is 1. The molecule has 2 fully saturated rings. The van der Waals surface area contributed by atoms with E-state index < -0.39 is 5.54 Å². The summed E-state index contributed by atoms with van der Waals surface area (Å²) in [5.74, 6) is 1.76. The second-order valence-electron chi connectivity index (χ2n) is 7.20. The minimum absolute atomic E-state index is 0.0620. The van der Waals surface area contributed by atoms with E-state index in [1.165, 1.54) is 6.42 Å². The SMILES string of the molecule is CCOC(=O)C(CN1CC(C)CC(C)C1C)(NC)C1CC1. The Kier molecular flexibility index (Phi) is 5.31. The lowest BCUT2D eigenvalue weighted by Gasteiger charge is -2.45. The first kappa shape index (κ1) is 16.8. The molecular weight excluding hydrogens is 264 g/mol. The summed E-state index contributed by atoms with van der Waals surface area (Å²) in [5, 5.41) is 3.34. The van der Waals surface area contributed by atoms with Gasteiger partial charge in [-0.15, -0.1) is 0 Å².